The Morgan fingerprint density at radius 1 is 1.33 bits per heavy atom. The number of esters is 1. The molecule has 0 aliphatic rings. The molecule has 1 N–H and O–H groups in total. The Hall–Kier alpha value is -1.86. The van der Waals surface area contributed by atoms with Gasteiger partial charge < -0.3 is 10.1 Å². The van der Waals surface area contributed by atoms with Crippen molar-refractivity contribution in [2.45, 2.75) is 31.5 Å². The zero-order valence-electron chi connectivity index (χ0n) is 13.9. The van der Waals surface area contributed by atoms with E-state index in [1.807, 2.05) is 37.4 Å². The van der Waals surface area contributed by atoms with Gasteiger partial charge in [-0.05, 0) is 38.0 Å². The van der Waals surface area contributed by atoms with Crippen LogP contribution in [0.15, 0.2) is 27.9 Å². The van der Waals surface area contributed by atoms with Crippen molar-refractivity contribution in [3.8, 4) is 0 Å². The van der Waals surface area contributed by atoms with E-state index in [1.54, 1.807) is 6.92 Å². The Balaban J connectivity index is 1.85. The van der Waals surface area contributed by atoms with Crippen LogP contribution in [-0.2, 0) is 20.7 Å². The van der Waals surface area contributed by atoms with E-state index in [0.29, 0.717) is 12.3 Å². The van der Waals surface area contributed by atoms with Gasteiger partial charge in [0.2, 0.25) is 5.91 Å². The quantitative estimate of drug-likeness (QED) is 0.600. The van der Waals surface area contributed by atoms with E-state index in [2.05, 4.69) is 10.3 Å². The predicted octanol–water partition coefficient (Wildman–Crippen LogP) is 3.60. The summed E-state index contributed by atoms with van der Waals surface area (Å²) in [5, 5.41) is 4.74. The number of aromatic nitrogens is 1. The van der Waals surface area contributed by atoms with Crippen molar-refractivity contribution in [1.29, 1.82) is 0 Å². The molecule has 1 aromatic heterocycles. The average molecular weight is 364 g/mol. The molecular weight excluding hydrogens is 344 g/mol. The van der Waals surface area contributed by atoms with Crippen molar-refractivity contribution in [3.63, 3.8) is 0 Å². The summed E-state index contributed by atoms with van der Waals surface area (Å²) in [4.78, 5) is 27.9. The summed E-state index contributed by atoms with van der Waals surface area (Å²) in [6.45, 7) is 6.09. The van der Waals surface area contributed by atoms with Crippen LogP contribution in [0.4, 0.5) is 5.69 Å². The average Bonchev–Trinajstić information content (AvgIpc) is 2.96. The number of hydrogen-bond acceptors (Lipinski definition) is 6. The van der Waals surface area contributed by atoms with Gasteiger partial charge in [-0.3, -0.25) is 9.59 Å². The molecule has 0 aliphatic carbocycles. The number of nitrogens with one attached hydrogen (secondary N) is 1. The second kappa shape index (κ2) is 8.84. The Morgan fingerprint density at radius 2 is 2.12 bits per heavy atom. The molecule has 1 heterocycles. The third-order valence-corrected chi connectivity index (χ3v) is 5.23. The lowest BCUT2D eigenvalue weighted by Gasteiger charge is -2.08. The van der Waals surface area contributed by atoms with Crippen molar-refractivity contribution in [2.24, 2.45) is 0 Å². The van der Waals surface area contributed by atoms with Crippen LogP contribution in [-0.4, -0.2) is 29.2 Å². The van der Waals surface area contributed by atoms with Crippen LogP contribution < -0.4 is 5.32 Å². The van der Waals surface area contributed by atoms with E-state index < -0.39 is 0 Å². The number of ether oxygens (including phenoxy) is 1. The molecule has 0 bridgehead atoms. The standard InChI is InChI=1S/C17H20N2O3S2/c1-4-22-16(21)8-13-9-23-17(18-13)24-10-15(20)19-14-7-11(2)5-6-12(14)3/h5-7,9H,4,8,10H2,1-3H3,(H,19,20). The summed E-state index contributed by atoms with van der Waals surface area (Å²) >= 11 is 2.79. The molecule has 24 heavy (non-hydrogen) atoms. The molecule has 0 unspecified atom stereocenters. The van der Waals surface area contributed by atoms with Gasteiger partial charge in [0.1, 0.15) is 0 Å². The summed E-state index contributed by atoms with van der Waals surface area (Å²) < 4.78 is 5.66. The van der Waals surface area contributed by atoms with Crippen molar-refractivity contribution >= 4 is 40.7 Å². The molecule has 2 rings (SSSR count). The van der Waals surface area contributed by atoms with Crippen LogP contribution in [0.1, 0.15) is 23.7 Å². The summed E-state index contributed by atoms with van der Waals surface area (Å²) in [5.41, 5.74) is 3.65. The molecule has 0 atom stereocenters. The third kappa shape index (κ3) is 5.65. The monoisotopic (exact) mass is 364 g/mol. The first-order valence-corrected chi connectivity index (χ1v) is 9.44. The number of carbonyl (C=O) groups excluding carboxylic acids is 2. The molecule has 0 saturated heterocycles. The van der Waals surface area contributed by atoms with Crippen molar-refractivity contribution < 1.29 is 14.3 Å². The first-order valence-electron chi connectivity index (χ1n) is 7.58. The zero-order chi connectivity index (χ0) is 17.5. The number of aryl methyl sites for hydroxylation is 2. The second-order valence-corrected chi connectivity index (χ2v) is 7.32. The SMILES string of the molecule is CCOC(=O)Cc1csc(SCC(=O)Nc2cc(C)ccc2C)n1. The lowest BCUT2D eigenvalue weighted by molar-refractivity contribution is -0.142. The summed E-state index contributed by atoms with van der Waals surface area (Å²) in [5.74, 6) is -0.0809. The molecule has 0 fully saturated rings. The van der Waals surface area contributed by atoms with Gasteiger partial charge in [-0.15, -0.1) is 11.3 Å². The van der Waals surface area contributed by atoms with E-state index in [4.69, 9.17) is 4.74 Å². The normalized spacial score (nSPS) is 10.5. The maximum absolute atomic E-state index is 12.1. The largest absolute Gasteiger partial charge is 0.466 e. The number of nitrogens with zero attached hydrogens (tertiary/aromatic N) is 1. The van der Waals surface area contributed by atoms with Gasteiger partial charge in [-0.1, -0.05) is 23.9 Å². The summed E-state index contributed by atoms with van der Waals surface area (Å²) in [6, 6.07) is 5.96. The van der Waals surface area contributed by atoms with Crippen molar-refractivity contribution in [2.75, 3.05) is 17.7 Å². The molecule has 0 spiro atoms. The fourth-order valence-electron chi connectivity index (χ4n) is 1.98. The maximum Gasteiger partial charge on any atom is 0.311 e. The van der Waals surface area contributed by atoms with Crippen molar-refractivity contribution in [3.05, 3.63) is 40.4 Å². The minimum absolute atomic E-state index is 0.0733. The third-order valence-electron chi connectivity index (χ3n) is 3.16. The lowest BCUT2D eigenvalue weighted by atomic mass is 10.1. The molecule has 1 amide bonds. The molecule has 5 nitrogen and oxygen atoms in total. The van der Waals surface area contributed by atoms with Crippen LogP contribution in [0.2, 0.25) is 0 Å². The Kier molecular flexibility index (Phi) is 6.81. The zero-order valence-corrected chi connectivity index (χ0v) is 15.6. The number of anilines is 1. The van der Waals surface area contributed by atoms with Gasteiger partial charge in [0.05, 0.1) is 24.5 Å². The lowest BCUT2D eigenvalue weighted by Crippen LogP contribution is -2.14. The number of thiazole rings is 1. The molecule has 0 radical (unpaired) electrons. The number of amides is 1. The van der Waals surface area contributed by atoms with E-state index >= 15 is 0 Å². The highest BCUT2D eigenvalue weighted by molar-refractivity contribution is 8.01. The summed E-state index contributed by atoms with van der Waals surface area (Å²) in [6.07, 6.45) is 0.166. The Labute approximate surface area is 149 Å². The fraction of sp³-hybridized carbons (Fsp3) is 0.353. The maximum atomic E-state index is 12.1. The van der Waals surface area contributed by atoms with Crippen LogP contribution >= 0.6 is 23.1 Å². The molecule has 128 valence electrons. The van der Waals surface area contributed by atoms with E-state index in [-0.39, 0.29) is 24.1 Å². The topological polar surface area (TPSA) is 68.3 Å². The van der Waals surface area contributed by atoms with Gasteiger partial charge in [0.15, 0.2) is 4.34 Å². The molecule has 1 aromatic carbocycles. The molecule has 2 aromatic rings. The second-order valence-electron chi connectivity index (χ2n) is 5.24. The Bertz CT molecular complexity index is 728. The molecule has 7 heteroatoms. The highest BCUT2D eigenvalue weighted by atomic mass is 32.2. The van der Waals surface area contributed by atoms with Gasteiger partial charge in [0.25, 0.3) is 0 Å². The van der Waals surface area contributed by atoms with Crippen LogP contribution in [0.25, 0.3) is 0 Å². The van der Waals surface area contributed by atoms with Gasteiger partial charge in [-0.2, -0.15) is 0 Å². The molecular formula is C17H20N2O3S2. The minimum atomic E-state index is -0.285. The summed E-state index contributed by atoms with van der Waals surface area (Å²) in [7, 11) is 0. The van der Waals surface area contributed by atoms with Crippen LogP contribution in [0, 0.1) is 13.8 Å². The first kappa shape index (κ1) is 18.5. The minimum Gasteiger partial charge on any atom is -0.466 e. The smallest absolute Gasteiger partial charge is 0.311 e. The van der Waals surface area contributed by atoms with Gasteiger partial charge in [-0.25, -0.2) is 4.98 Å². The van der Waals surface area contributed by atoms with E-state index in [9.17, 15) is 9.59 Å². The van der Waals surface area contributed by atoms with E-state index in [0.717, 1.165) is 21.2 Å². The van der Waals surface area contributed by atoms with Crippen molar-refractivity contribution in [1.82, 2.24) is 4.98 Å². The van der Waals surface area contributed by atoms with E-state index in [1.165, 1.54) is 23.1 Å². The number of thioether (sulfide) groups is 1. The van der Waals surface area contributed by atoms with Crippen LogP contribution in [0.5, 0.6) is 0 Å². The highest BCUT2D eigenvalue weighted by Crippen LogP contribution is 2.24. The number of carbonyl (C=O) groups is 2. The van der Waals surface area contributed by atoms with Gasteiger partial charge >= 0.3 is 5.97 Å². The fourth-order valence-corrected chi connectivity index (χ4v) is 3.62. The number of rotatable bonds is 7. The van der Waals surface area contributed by atoms with Crippen LogP contribution in [0.3, 0.4) is 0 Å². The molecule has 0 aliphatic heterocycles. The highest BCUT2D eigenvalue weighted by Gasteiger charge is 2.11. The van der Waals surface area contributed by atoms with Gasteiger partial charge in [0, 0.05) is 11.1 Å². The molecule has 0 saturated carbocycles. The number of hydrogen-bond donors (Lipinski definition) is 1. The Morgan fingerprint density at radius 3 is 2.88 bits per heavy atom. The predicted molar refractivity (Wildman–Crippen MR) is 97.7 cm³/mol. The first-order chi connectivity index (χ1) is 11.5. The number of benzene rings is 1.